The highest BCUT2D eigenvalue weighted by atomic mass is 32.1. The van der Waals surface area contributed by atoms with Gasteiger partial charge in [-0.05, 0) is 63.2 Å². The van der Waals surface area contributed by atoms with E-state index in [1.165, 1.54) is 57.2 Å². The van der Waals surface area contributed by atoms with Crippen LogP contribution >= 0.6 is 11.3 Å². The number of thiophene rings is 1. The first-order valence-corrected chi connectivity index (χ1v) is 21.5. The predicted octanol–water partition coefficient (Wildman–Crippen LogP) is 9.48. The third-order valence-corrected chi connectivity index (χ3v) is 17.2. The van der Waals surface area contributed by atoms with Crippen LogP contribution in [0.5, 0.6) is 0 Å². The molecule has 0 amide bonds. The summed E-state index contributed by atoms with van der Waals surface area (Å²) >= 11 is 1.86. The normalized spacial score (nSPS) is 12.1. The highest BCUT2D eigenvalue weighted by Gasteiger charge is 2.42. The summed E-state index contributed by atoms with van der Waals surface area (Å²) in [5.41, 5.74) is 5.59. The number of para-hydroxylation sites is 2. The molecule has 0 aliphatic carbocycles. The number of rotatable bonds is 6. The van der Waals surface area contributed by atoms with E-state index in [4.69, 9.17) is 9.97 Å². The van der Waals surface area contributed by atoms with Gasteiger partial charge in [0.05, 0.1) is 22.1 Å². The lowest BCUT2D eigenvalue weighted by Crippen LogP contribution is -2.74. The molecule has 11 rings (SSSR count). The number of aromatic nitrogens is 4. The van der Waals surface area contributed by atoms with Crippen molar-refractivity contribution in [3.05, 3.63) is 188 Å². The van der Waals surface area contributed by atoms with Crippen LogP contribution in [-0.2, 0) is 7.05 Å². The van der Waals surface area contributed by atoms with E-state index in [1.54, 1.807) is 0 Å². The second kappa shape index (κ2) is 12.5. The van der Waals surface area contributed by atoms with Gasteiger partial charge in [0.25, 0.3) is 0 Å². The van der Waals surface area contributed by atoms with E-state index in [2.05, 4.69) is 192 Å². The van der Waals surface area contributed by atoms with Crippen molar-refractivity contribution in [2.24, 2.45) is 7.05 Å². The summed E-state index contributed by atoms with van der Waals surface area (Å²) in [5, 5.41) is 10.3. The minimum absolute atomic E-state index is 0.915. The number of aryl methyl sites for hydroxylation is 1. The highest BCUT2D eigenvalue weighted by molar-refractivity contribution is 7.26. The van der Waals surface area contributed by atoms with Crippen molar-refractivity contribution in [1.82, 2.24) is 19.1 Å². The van der Waals surface area contributed by atoms with Gasteiger partial charge in [0.1, 0.15) is 11.6 Å². The first kappa shape index (κ1) is 31.9. The Balaban J connectivity index is 1.26. The number of imidazole rings is 1. The van der Waals surface area contributed by atoms with E-state index in [0.717, 1.165) is 33.8 Å². The lowest BCUT2D eigenvalue weighted by Gasteiger charge is -2.34. The van der Waals surface area contributed by atoms with Crippen LogP contribution in [0.3, 0.4) is 0 Å². The summed E-state index contributed by atoms with van der Waals surface area (Å²) in [6, 6.07) is 66.8. The Morgan fingerprint density at radius 3 is 1.98 bits per heavy atom. The van der Waals surface area contributed by atoms with Crippen LogP contribution in [-0.4, -0.2) is 27.2 Å². The molecule has 0 N–H and O–H groups in total. The second-order valence-electron chi connectivity index (χ2n) is 14.2. The van der Waals surface area contributed by atoms with Crippen LogP contribution in [0.25, 0.3) is 70.2 Å². The van der Waals surface area contributed by atoms with Crippen molar-refractivity contribution < 1.29 is 0 Å². The average Bonchev–Trinajstić information content (AvgIpc) is 3.91. The maximum Gasteiger partial charge on any atom is 0.179 e. The van der Waals surface area contributed by atoms with Gasteiger partial charge in [-0.15, -0.1) is 11.3 Å². The molecular weight excluding hydrogens is 705 g/mol. The molecule has 4 heterocycles. The zero-order valence-corrected chi connectivity index (χ0v) is 31.9. The molecule has 0 radical (unpaired) electrons. The zero-order chi connectivity index (χ0) is 36.5. The molecule has 4 nitrogen and oxygen atoms in total. The Labute approximate surface area is 323 Å². The molecule has 0 aliphatic heterocycles. The lowest BCUT2D eigenvalue weighted by molar-refractivity contribution is 0.959. The Kier molecular flexibility index (Phi) is 7.24. The number of fused-ring (bicyclic) bond motifs is 8. The van der Waals surface area contributed by atoms with Crippen LogP contribution in [0.2, 0.25) is 0 Å². The van der Waals surface area contributed by atoms with Gasteiger partial charge >= 0.3 is 0 Å². The SMILES string of the molecule is Cn1c(-c2cccc([Si](c3ccccc3)(c3ccccc3)c3ccc4c5ccc6sc7ccccc7c6c5n(-c5ccccn5)c4c3)c2)nc2ccccc21. The van der Waals surface area contributed by atoms with Crippen LogP contribution in [0, 0.1) is 0 Å². The fourth-order valence-corrected chi connectivity index (χ4v) is 14.8. The standard InChI is InChI=1S/C49H34N4SSi/c1-52-42-23-10-9-22-41(42)51-49(52)33-15-14-20-36(31-33)55(34-16-4-2-5-17-34,35-18-6-3-7-19-35)37-26-27-38-39-28-29-45-47(40-21-8-11-24-44(40)54-45)48(39)53(43(38)32-37)46-25-12-13-30-50-46/h2-32H,1H3. The third-order valence-electron chi connectivity index (χ3n) is 11.3. The van der Waals surface area contributed by atoms with E-state index in [9.17, 15) is 0 Å². The topological polar surface area (TPSA) is 35.6 Å². The minimum Gasteiger partial charge on any atom is -0.327 e. The van der Waals surface area contributed by atoms with E-state index in [1.807, 2.05) is 23.6 Å². The van der Waals surface area contributed by atoms with Gasteiger partial charge in [-0.1, -0.05) is 140 Å². The van der Waals surface area contributed by atoms with Crippen LogP contribution in [0.15, 0.2) is 188 Å². The van der Waals surface area contributed by atoms with Crippen molar-refractivity contribution in [2.45, 2.75) is 0 Å². The molecule has 6 heteroatoms. The third kappa shape index (κ3) is 4.75. The van der Waals surface area contributed by atoms with Crippen molar-refractivity contribution in [2.75, 3.05) is 0 Å². The zero-order valence-electron chi connectivity index (χ0n) is 30.1. The molecule has 0 saturated heterocycles. The molecule has 4 aromatic heterocycles. The van der Waals surface area contributed by atoms with Crippen molar-refractivity contribution >= 4 is 93.2 Å². The maximum atomic E-state index is 5.15. The summed E-state index contributed by atoms with van der Waals surface area (Å²) < 4.78 is 7.21. The predicted molar refractivity (Wildman–Crippen MR) is 235 cm³/mol. The Bertz CT molecular complexity index is 3180. The quantitative estimate of drug-likeness (QED) is 0.126. The molecule has 0 bridgehead atoms. The Morgan fingerprint density at radius 2 is 1.20 bits per heavy atom. The number of hydrogen-bond acceptors (Lipinski definition) is 3. The largest absolute Gasteiger partial charge is 0.327 e. The molecular formula is C49H34N4SSi. The summed E-state index contributed by atoms with van der Waals surface area (Å²) in [5.74, 6) is 1.88. The van der Waals surface area contributed by atoms with Crippen LogP contribution in [0.4, 0.5) is 0 Å². The van der Waals surface area contributed by atoms with E-state index in [-0.39, 0.29) is 0 Å². The monoisotopic (exact) mass is 738 g/mol. The van der Waals surface area contributed by atoms with E-state index >= 15 is 0 Å². The van der Waals surface area contributed by atoms with Gasteiger partial charge in [0, 0.05) is 49.8 Å². The smallest absolute Gasteiger partial charge is 0.179 e. The second-order valence-corrected chi connectivity index (χ2v) is 19.1. The van der Waals surface area contributed by atoms with E-state index < -0.39 is 8.07 Å². The van der Waals surface area contributed by atoms with Crippen LogP contribution in [0.1, 0.15) is 0 Å². The summed E-state index contributed by atoms with van der Waals surface area (Å²) in [6.07, 6.45) is 1.91. The van der Waals surface area contributed by atoms with Gasteiger partial charge in [-0.25, -0.2) is 9.97 Å². The fourth-order valence-electron chi connectivity index (χ4n) is 8.94. The first-order valence-electron chi connectivity index (χ1n) is 18.6. The molecule has 11 aromatic rings. The van der Waals surface area contributed by atoms with Gasteiger partial charge in [0.15, 0.2) is 8.07 Å². The van der Waals surface area contributed by atoms with Crippen molar-refractivity contribution in [3.63, 3.8) is 0 Å². The molecule has 0 aliphatic rings. The lowest BCUT2D eigenvalue weighted by atomic mass is 10.1. The number of benzene rings is 7. The molecule has 0 saturated carbocycles. The summed E-state index contributed by atoms with van der Waals surface area (Å²) in [7, 11) is -0.844. The molecule has 0 atom stereocenters. The Morgan fingerprint density at radius 1 is 0.509 bits per heavy atom. The number of pyridine rings is 1. The molecule has 7 aromatic carbocycles. The molecule has 0 spiro atoms. The number of nitrogens with zero attached hydrogens (tertiary/aromatic N) is 4. The Hall–Kier alpha value is -6.60. The average molecular weight is 739 g/mol. The highest BCUT2D eigenvalue weighted by Crippen LogP contribution is 2.42. The molecule has 0 fully saturated rings. The molecule has 260 valence electrons. The van der Waals surface area contributed by atoms with Crippen LogP contribution < -0.4 is 20.7 Å². The fraction of sp³-hybridized carbons (Fsp3) is 0.0204. The van der Waals surface area contributed by atoms with Crippen molar-refractivity contribution in [1.29, 1.82) is 0 Å². The van der Waals surface area contributed by atoms with Crippen molar-refractivity contribution in [3.8, 4) is 17.2 Å². The van der Waals surface area contributed by atoms with Gasteiger partial charge in [-0.3, -0.25) is 4.57 Å². The summed E-state index contributed by atoms with van der Waals surface area (Å²) in [4.78, 5) is 10.1. The minimum atomic E-state index is -2.96. The first-order chi connectivity index (χ1) is 27.2. The number of hydrogen-bond donors (Lipinski definition) is 0. The van der Waals surface area contributed by atoms with Gasteiger partial charge < -0.3 is 4.57 Å². The molecule has 55 heavy (non-hydrogen) atoms. The maximum absolute atomic E-state index is 5.15. The van der Waals surface area contributed by atoms with Gasteiger partial charge in [-0.2, -0.15) is 0 Å². The summed E-state index contributed by atoms with van der Waals surface area (Å²) in [6.45, 7) is 0. The van der Waals surface area contributed by atoms with Gasteiger partial charge in [0.2, 0.25) is 0 Å². The van der Waals surface area contributed by atoms with E-state index in [0.29, 0.717) is 0 Å². The molecule has 0 unspecified atom stereocenters.